The van der Waals surface area contributed by atoms with Crippen LogP contribution >= 0.6 is 11.6 Å². The lowest BCUT2D eigenvalue weighted by atomic mass is 9.95. The number of carbonyl (C=O) groups is 1. The second-order valence-corrected chi connectivity index (χ2v) is 26.8. The lowest BCUT2D eigenvalue weighted by molar-refractivity contribution is -0.137. The molecule has 0 aliphatic carbocycles. The third-order valence-corrected chi connectivity index (χ3v) is 15.1. The average molecular weight is 1050 g/mol. The fourth-order valence-electron chi connectivity index (χ4n) is 10.6. The quantitative estimate of drug-likeness (QED) is 0.0677. The van der Waals surface area contributed by atoms with Crippen molar-refractivity contribution in [1.29, 1.82) is 0 Å². The van der Waals surface area contributed by atoms with Crippen LogP contribution < -0.4 is 24.0 Å². The number of amides is 1. The highest BCUT2D eigenvalue weighted by Crippen LogP contribution is 2.48. The molecule has 0 N–H and O–H groups in total. The number of carbonyl (C=O) groups excluding carboxylic acids is 1. The number of benzene rings is 3. The molecule has 4 aliphatic rings. The van der Waals surface area contributed by atoms with Gasteiger partial charge in [-0.1, -0.05) is 61.4 Å². The number of rotatable bonds is 12. The predicted octanol–water partition coefficient (Wildman–Crippen LogP) is 11.5. The number of alkyl halides is 4. The summed E-state index contributed by atoms with van der Waals surface area (Å²) in [5, 5.41) is -0.226. The Hall–Kier alpha value is -5.90. The minimum atomic E-state index is -5.09. The van der Waals surface area contributed by atoms with Crippen molar-refractivity contribution in [2.24, 2.45) is 0 Å². The van der Waals surface area contributed by atoms with Crippen molar-refractivity contribution in [3.05, 3.63) is 93.8 Å². The maximum Gasteiger partial charge on any atom is 0.419 e. The molecule has 2 bridgehead atoms. The molecule has 1 amide bonds. The molecular weight excluding hydrogens is 985 g/mol. The van der Waals surface area contributed by atoms with E-state index in [1.807, 2.05) is 48.8 Å². The number of hydrogen-bond acceptors (Lipinski definition) is 11. The molecule has 0 spiro atoms. The summed E-state index contributed by atoms with van der Waals surface area (Å²) in [7, 11) is 0.786. The van der Waals surface area contributed by atoms with Crippen LogP contribution in [0.15, 0.2) is 60.7 Å². The van der Waals surface area contributed by atoms with Crippen LogP contribution in [-0.4, -0.2) is 115 Å². The van der Waals surface area contributed by atoms with Gasteiger partial charge < -0.3 is 33.6 Å². The highest BCUT2D eigenvalue weighted by Gasteiger charge is 2.50. The van der Waals surface area contributed by atoms with Crippen molar-refractivity contribution in [3.63, 3.8) is 0 Å². The Labute approximate surface area is 429 Å². The molecule has 0 radical (unpaired) electrons. The normalized spacial score (nSPS) is 21.0. The van der Waals surface area contributed by atoms with E-state index in [9.17, 15) is 9.18 Å². The monoisotopic (exact) mass is 1050 g/mol. The first kappa shape index (κ1) is 52.0. The third kappa shape index (κ3) is 11.1. The standard InChI is InChI=1S/C54H61ClF5N7O5Si/c1-52(2,3)72-51(68)65-30-37-14-15-38(31-65)67(37)49-41-25-42(55)44(46(57)47(41)62-50(63-49)71-32-53-21-9-22-66(53)29-36(56)26-53)48-45(54(58,59)60)35(20-23-73(6,7)8)24-43(61-48)64(27-33-10-16-39(69-4)17-11-33)28-34-12-18-40(70-5)19-13-34/h10-13,16-19,24-25,36-38H,9,14-15,21-22,26-32H2,1-8H3/t36-,37?,38?,53+/m1/s1. The van der Waals surface area contributed by atoms with E-state index in [0.717, 1.165) is 17.5 Å². The topological polar surface area (TPSA) is 106 Å². The predicted molar refractivity (Wildman–Crippen MR) is 274 cm³/mol. The molecule has 0 saturated carbocycles. The van der Waals surface area contributed by atoms with Crippen LogP contribution in [0.3, 0.4) is 0 Å². The molecule has 4 saturated heterocycles. The Morgan fingerprint density at radius 1 is 0.904 bits per heavy atom. The van der Waals surface area contributed by atoms with Crippen LogP contribution in [-0.2, 0) is 24.0 Å². The molecule has 12 nitrogen and oxygen atoms in total. The Morgan fingerprint density at radius 2 is 1.52 bits per heavy atom. The summed E-state index contributed by atoms with van der Waals surface area (Å²) in [6.07, 6.45) is -3.51. The van der Waals surface area contributed by atoms with Gasteiger partial charge in [-0.3, -0.25) is 4.90 Å². The van der Waals surface area contributed by atoms with Gasteiger partial charge in [0.1, 0.15) is 55.1 Å². The maximum absolute atomic E-state index is 18.3. The maximum atomic E-state index is 18.3. The third-order valence-electron chi connectivity index (χ3n) is 13.9. The zero-order valence-corrected chi connectivity index (χ0v) is 44.2. The van der Waals surface area contributed by atoms with Crippen LogP contribution in [0.4, 0.5) is 38.4 Å². The zero-order valence-electron chi connectivity index (χ0n) is 42.4. The number of pyridine rings is 1. The number of halogens is 6. The van der Waals surface area contributed by atoms with Gasteiger partial charge in [-0.15, -0.1) is 5.54 Å². The molecule has 9 rings (SSSR count). The van der Waals surface area contributed by atoms with Crippen molar-refractivity contribution in [2.45, 2.75) is 121 Å². The number of anilines is 2. The van der Waals surface area contributed by atoms with Crippen molar-refractivity contribution in [1.82, 2.24) is 24.8 Å². The largest absolute Gasteiger partial charge is 0.497 e. The van der Waals surface area contributed by atoms with Crippen molar-refractivity contribution in [3.8, 4) is 40.2 Å². The molecule has 2 aromatic heterocycles. The Balaban J connectivity index is 1.23. The summed E-state index contributed by atoms with van der Waals surface area (Å²) < 4.78 is 104. The Kier molecular flexibility index (Phi) is 14.3. The van der Waals surface area contributed by atoms with E-state index in [1.54, 1.807) is 69.1 Å². The number of piperazine rings is 1. The summed E-state index contributed by atoms with van der Waals surface area (Å²) in [5.74, 6) is 3.28. The van der Waals surface area contributed by atoms with E-state index >= 15 is 17.6 Å². The summed E-state index contributed by atoms with van der Waals surface area (Å²) in [4.78, 5) is 35.2. The zero-order chi connectivity index (χ0) is 52.2. The molecule has 2 unspecified atom stereocenters. The first-order valence-electron chi connectivity index (χ1n) is 24.7. The van der Waals surface area contributed by atoms with E-state index in [-0.39, 0.29) is 91.4 Å². The first-order valence-corrected chi connectivity index (χ1v) is 28.5. The van der Waals surface area contributed by atoms with Crippen LogP contribution in [0.2, 0.25) is 24.7 Å². The van der Waals surface area contributed by atoms with E-state index in [4.69, 9.17) is 40.5 Å². The van der Waals surface area contributed by atoms with Gasteiger partial charge in [0.2, 0.25) is 0 Å². The SMILES string of the molecule is COc1ccc(CN(Cc2ccc(OC)cc2)c2cc(C#C[Si](C)(C)C)c(C(F)(F)F)c(-c3c(Cl)cc4c(N5C6CCC5CN(C(=O)OC(C)(C)C)C6)nc(OC[C@@]56CCCN5C[C@H](F)C6)nc4c3F)n2)cc1. The molecule has 4 fully saturated rings. The van der Waals surface area contributed by atoms with Crippen molar-refractivity contribution < 1.29 is 45.7 Å². The van der Waals surface area contributed by atoms with Crippen molar-refractivity contribution in [2.75, 3.05) is 56.8 Å². The Bertz CT molecular complexity index is 2880. The molecular formula is C54H61ClF5N7O5Si. The molecule has 3 aromatic carbocycles. The number of fused-ring (bicyclic) bond motifs is 4. The van der Waals surface area contributed by atoms with Crippen LogP contribution in [0.25, 0.3) is 22.2 Å². The highest BCUT2D eigenvalue weighted by atomic mass is 35.5. The van der Waals surface area contributed by atoms with E-state index in [0.29, 0.717) is 37.3 Å². The number of likely N-dealkylation sites (tertiary alicyclic amines) is 1. The van der Waals surface area contributed by atoms with Gasteiger partial charge in [-0.05, 0) is 101 Å². The van der Waals surface area contributed by atoms with Gasteiger partial charge in [0.15, 0.2) is 5.82 Å². The summed E-state index contributed by atoms with van der Waals surface area (Å²) in [6.45, 7) is 13.0. The average Bonchev–Trinajstić information content (AvgIpc) is 3.94. The fraction of sp³-hybridized carbons (Fsp3) is 0.481. The molecule has 73 heavy (non-hydrogen) atoms. The van der Waals surface area contributed by atoms with Gasteiger partial charge in [-0.2, -0.15) is 23.1 Å². The lowest BCUT2D eigenvalue weighted by Gasteiger charge is -2.42. The number of ether oxygens (including phenoxy) is 4. The van der Waals surface area contributed by atoms with Gasteiger partial charge in [0.05, 0.1) is 41.6 Å². The summed E-state index contributed by atoms with van der Waals surface area (Å²) in [5.41, 5.74) is -0.0336. The number of methoxy groups -OCH3 is 2. The van der Waals surface area contributed by atoms with Crippen molar-refractivity contribution >= 4 is 48.3 Å². The second-order valence-electron chi connectivity index (χ2n) is 21.6. The van der Waals surface area contributed by atoms with E-state index < -0.39 is 65.9 Å². The number of nitrogens with zero attached hydrogens (tertiary/aromatic N) is 7. The lowest BCUT2D eigenvalue weighted by Crippen LogP contribution is -2.56. The first-order chi connectivity index (χ1) is 34.5. The van der Waals surface area contributed by atoms with Gasteiger partial charge in [0.25, 0.3) is 0 Å². The van der Waals surface area contributed by atoms with E-state index in [1.165, 1.54) is 12.1 Å². The molecule has 5 aromatic rings. The molecule has 19 heteroatoms. The van der Waals surface area contributed by atoms with Crippen LogP contribution in [0.5, 0.6) is 17.5 Å². The minimum Gasteiger partial charge on any atom is -0.497 e. The molecule has 6 heterocycles. The number of hydrogen-bond donors (Lipinski definition) is 0. The van der Waals surface area contributed by atoms with E-state index in [2.05, 4.69) is 21.3 Å². The van der Waals surface area contributed by atoms with Gasteiger partial charge in [0, 0.05) is 62.2 Å². The number of aromatic nitrogens is 3. The summed E-state index contributed by atoms with van der Waals surface area (Å²) in [6, 6.07) is 16.4. The highest BCUT2D eigenvalue weighted by molar-refractivity contribution is 6.83. The fourth-order valence-corrected chi connectivity index (χ4v) is 11.4. The van der Waals surface area contributed by atoms with Crippen LogP contribution in [0, 0.1) is 17.3 Å². The smallest absolute Gasteiger partial charge is 0.419 e. The second kappa shape index (κ2) is 20.1. The van der Waals surface area contributed by atoms with Crippen LogP contribution in [0.1, 0.15) is 75.1 Å². The minimum absolute atomic E-state index is 0.0128. The summed E-state index contributed by atoms with van der Waals surface area (Å²) >= 11 is 7.17. The van der Waals surface area contributed by atoms with Gasteiger partial charge >= 0.3 is 18.3 Å². The van der Waals surface area contributed by atoms with Gasteiger partial charge in [-0.25, -0.2) is 18.6 Å². The molecule has 388 valence electrons. The Morgan fingerprint density at radius 3 is 2.08 bits per heavy atom. The molecule has 4 atom stereocenters. The molecule has 4 aliphatic heterocycles.